The van der Waals surface area contributed by atoms with Crippen LogP contribution in [0.15, 0.2) is 85.2 Å². The second-order valence-electron chi connectivity index (χ2n) is 7.99. The van der Waals surface area contributed by atoms with E-state index in [1.807, 2.05) is 49.4 Å². The summed E-state index contributed by atoms with van der Waals surface area (Å²) < 4.78 is 24.9. The van der Waals surface area contributed by atoms with Gasteiger partial charge in [-0.15, -0.1) is 0 Å². The molecule has 2 aromatic carbocycles. The number of fused-ring (bicyclic) bond motifs is 3. The summed E-state index contributed by atoms with van der Waals surface area (Å²) in [7, 11) is -3.52. The molecule has 28 heavy (non-hydrogen) atoms. The highest BCUT2D eigenvalue weighted by Crippen LogP contribution is 2.56. The molecule has 0 aromatic heterocycles. The van der Waals surface area contributed by atoms with E-state index in [0.717, 1.165) is 11.1 Å². The van der Waals surface area contributed by atoms with Gasteiger partial charge >= 0.3 is 7.60 Å². The van der Waals surface area contributed by atoms with Crippen molar-refractivity contribution in [3.63, 3.8) is 0 Å². The van der Waals surface area contributed by atoms with E-state index in [0.29, 0.717) is 22.2 Å². The van der Waals surface area contributed by atoms with Crippen LogP contribution in [0.2, 0.25) is 0 Å². The van der Waals surface area contributed by atoms with Gasteiger partial charge in [0.2, 0.25) is 0 Å². The van der Waals surface area contributed by atoms with Crippen LogP contribution in [0, 0.1) is 5.41 Å². The first kappa shape index (κ1) is 21.8. The van der Waals surface area contributed by atoms with Gasteiger partial charge in [0.15, 0.2) is 0 Å². The standard InChI is InChI=1S/C19H17O3P.C5H12/c1-3-5-10-15(4-2)21-23(20)19-14-9-7-12-17(19)16-11-6-8-13-18(16)22-23;1-5(2,3)4/h3-14H,2H2,1H3;1-4H3/b5-3-,15-10+;. The molecule has 0 amide bonds. The molecular formula is C24H29O3P. The van der Waals surface area contributed by atoms with Gasteiger partial charge in [0, 0.05) is 11.1 Å². The van der Waals surface area contributed by atoms with Crippen molar-refractivity contribution in [3.8, 4) is 16.9 Å². The van der Waals surface area contributed by atoms with Gasteiger partial charge in [0.1, 0.15) is 11.5 Å². The van der Waals surface area contributed by atoms with E-state index in [1.165, 1.54) is 6.08 Å². The van der Waals surface area contributed by atoms with Gasteiger partial charge in [-0.3, -0.25) is 0 Å². The smallest absolute Gasteiger partial charge is 0.413 e. The summed E-state index contributed by atoms with van der Waals surface area (Å²) in [5.41, 5.74) is 2.28. The minimum absolute atomic E-state index is 0.403. The Morgan fingerprint density at radius 3 is 2.21 bits per heavy atom. The lowest BCUT2D eigenvalue weighted by molar-refractivity contribution is 0.350. The van der Waals surface area contributed by atoms with Crippen LogP contribution in [0.5, 0.6) is 5.75 Å². The monoisotopic (exact) mass is 396 g/mol. The molecule has 0 aliphatic carbocycles. The molecule has 4 heteroatoms. The number of allylic oxidation sites excluding steroid dienone is 4. The molecule has 1 aliphatic rings. The molecule has 1 unspecified atom stereocenters. The second kappa shape index (κ2) is 9.12. The maximum atomic E-state index is 13.4. The number of para-hydroxylation sites is 1. The van der Waals surface area contributed by atoms with E-state index in [4.69, 9.17) is 9.05 Å². The van der Waals surface area contributed by atoms with E-state index >= 15 is 0 Å². The van der Waals surface area contributed by atoms with Crippen LogP contribution < -0.4 is 9.83 Å². The molecule has 3 nitrogen and oxygen atoms in total. The highest BCUT2D eigenvalue weighted by atomic mass is 31.2. The summed E-state index contributed by atoms with van der Waals surface area (Å²) in [5.74, 6) is 0.963. The molecule has 3 rings (SSSR count). The average Bonchev–Trinajstić information content (AvgIpc) is 2.64. The Bertz CT molecular complexity index is 927. The van der Waals surface area contributed by atoms with Crippen LogP contribution in [0.3, 0.4) is 0 Å². The molecule has 0 fully saturated rings. The Labute approximate surface area is 168 Å². The van der Waals surface area contributed by atoms with Crippen LogP contribution in [0.25, 0.3) is 11.1 Å². The highest BCUT2D eigenvalue weighted by molar-refractivity contribution is 7.63. The van der Waals surface area contributed by atoms with Gasteiger partial charge in [0.25, 0.3) is 0 Å². The minimum Gasteiger partial charge on any atom is -0.413 e. The molecule has 0 radical (unpaired) electrons. The zero-order valence-corrected chi connectivity index (χ0v) is 18.2. The van der Waals surface area contributed by atoms with Crippen molar-refractivity contribution in [2.45, 2.75) is 34.6 Å². The molecule has 1 aliphatic heterocycles. The first-order valence-electron chi connectivity index (χ1n) is 9.31. The molecule has 2 aromatic rings. The van der Waals surface area contributed by atoms with E-state index in [9.17, 15) is 4.57 Å². The third-order valence-corrected chi connectivity index (χ3v) is 5.34. The van der Waals surface area contributed by atoms with Crippen LogP contribution in [0.4, 0.5) is 0 Å². The summed E-state index contributed by atoms with van der Waals surface area (Å²) in [6, 6.07) is 15.0. The summed E-state index contributed by atoms with van der Waals surface area (Å²) >= 11 is 0. The van der Waals surface area contributed by atoms with Crippen LogP contribution in [0.1, 0.15) is 34.6 Å². The molecule has 0 saturated heterocycles. The fraction of sp³-hybridized carbons (Fsp3) is 0.250. The molecule has 1 atom stereocenters. The lowest BCUT2D eigenvalue weighted by Crippen LogP contribution is -2.19. The Morgan fingerprint density at radius 2 is 1.61 bits per heavy atom. The molecule has 148 valence electrons. The van der Waals surface area contributed by atoms with Gasteiger partial charge in [-0.25, -0.2) is 4.57 Å². The fourth-order valence-electron chi connectivity index (χ4n) is 2.42. The molecule has 0 saturated carbocycles. The number of hydrogen-bond donors (Lipinski definition) is 0. The number of hydrogen-bond acceptors (Lipinski definition) is 3. The summed E-state index contributed by atoms with van der Waals surface area (Å²) in [5, 5.41) is 0.562. The maximum absolute atomic E-state index is 13.4. The summed E-state index contributed by atoms with van der Waals surface area (Å²) in [4.78, 5) is 0. The fourth-order valence-corrected chi connectivity index (χ4v) is 4.24. The Hall–Kier alpha value is -2.51. The minimum atomic E-state index is -3.52. The SMILES string of the molecule is C=C/C(=C\C=C/C)OP1(=O)Oc2ccccc2-c2ccccc21.CC(C)(C)C. The zero-order chi connectivity index (χ0) is 20.8. The van der Waals surface area contributed by atoms with Gasteiger partial charge in [-0.05, 0) is 36.6 Å². The predicted molar refractivity (Wildman–Crippen MR) is 119 cm³/mol. The van der Waals surface area contributed by atoms with E-state index in [1.54, 1.807) is 24.3 Å². The third kappa shape index (κ3) is 5.74. The van der Waals surface area contributed by atoms with Crippen LogP contribution in [-0.2, 0) is 9.09 Å². The first-order valence-corrected chi connectivity index (χ1v) is 10.9. The topological polar surface area (TPSA) is 35.5 Å². The number of rotatable bonds is 4. The zero-order valence-electron chi connectivity index (χ0n) is 17.3. The van der Waals surface area contributed by atoms with E-state index < -0.39 is 7.60 Å². The van der Waals surface area contributed by atoms with Crippen LogP contribution in [-0.4, -0.2) is 0 Å². The van der Waals surface area contributed by atoms with Crippen LogP contribution >= 0.6 is 7.60 Å². The second-order valence-corrected chi connectivity index (χ2v) is 9.83. The third-order valence-electron chi connectivity index (χ3n) is 3.47. The van der Waals surface area contributed by atoms with Gasteiger partial charge < -0.3 is 9.05 Å². The number of benzene rings is 2. The first-order chi connectivity index (χ1) is 13.2. The molecular weight excluding hydrogens is 367 g/mol. The largest absolute Gasteiger partial charge is 0.463 e. The summed E-state index contributed by atoms with van der Waals surface area (Å²) in [6.07, 6.45) is 6.88. The van der Waals surface area contributed by atoms with Gasteiger partial charge in [-0.2, -0.15) is 0 Å². The van der Waals surface area contributed by atoms with Crippen molar-refractivity contribution >= 4 is 12.9 Å². The van der Waals surface area contributed by atoms with E-state index in [2.05, 4.69) is 34.3 Å². The van der Waals surface area contributed by atoms with Crippen molar-refractivity contribution in [1.82, 2.24) is 0 Å². The average molecular weight is 396 g/mol. The maximum Gasteiger partial charge on any atom is 0.463 e. The Balaban J connectivity index is 0.000000500. The highest BCUT2D eigenvalue weighted by Gasteiger charge is 2.38. The Kier molecular flexibility index (Phi) is 7.10. The molecule has 0 N–H and O–H groups in total. The normalized spacial score (nSPS) is 18.2. The lowest BCUT2D eigenvalue weighted by atomic mass is 10.0. The summed E-state index contributed by atoms with van der Waals surface area (Å²) in [6.45, 7) is 14.3. The quantitative estimate of drug-likeness (QED) is 0.309. The van der Waals surface area contributed by atoms with Crippen molar-refractivity contribution < 1.29 is 13.6 Å². The predicted octanol–water partition coefficient (Wildman–Crippen LogP) is 7.28. The van der Waals surface area contributed by atoms with Crippen molar-refractivity contribution in [3.05, 3.63) is 85.2 Å². The van der Waals surface area contributed by atoms with Crippen molar-refractivity contribution in [2.24, 2.45) is 5.41 Å². The van der Waals surface area contributed by atoms with Crippen molar-refractivity contribution in [2.75, 3.05) is 0 Å². The van der Waals surface area contributed by atoms with Gasteiger partial charge in [-0.1, -0.05) is 82.8 Å². The van der Waals surface area contributed by atoms with Gasteiger partial charge in [0.05, 0.1) is 5.30 Å². The Morgan fingerprint density at radius 1 is 1.04 bits per heavy atom. The lowest BCUT2D eigenvalue weighted by Gasteiger charge is -2.28. The molecule has 0 bridgehead atoms. The van der Waals surface area contributed by atoms with Crippen molar-refractivity contribution in [1.29, 1.82) is 0 Å². The van der Waals surface area contributed by atoms with E-state index in [-0.39, 0.29) is 0 Å². The molecule has 0 spiro atoms. The molecule has 1 heterocycles.